The van der Waals surface area contributed by atoms with Crippen molar-refractivity contribution in [3.8, 4) is 0 Å². The lowest BCUT2D eigenvalue weighted by molar-refractivity contribution is 0.154. The first kappa shape index (κ1) is 17.0. The fourth-order valence-corrected chi connectivity index (χ4v) is 3.53. The zero-order valence-corrected chi connectivity index (χ0v) is 14.0. The Morgan fingerprint density at radius 1 is 1.43 bits per heavy atom. The Labute approximate surface area is 137 Å². The van der Waals surface area contributed by atoms with E-state index in [-0.39, 0.29) is 12.6 Å². The van der Waals surface area contributed by atoms with Crippen LogP contribution in [0.3, 0.4) is 0 Å². The number of hydrogen-bond donors (Lipinski definition) is 2. The molecule has 2 rings (SSSR count). The molecule has 1 saturated heterocycles. The maximum absolute atomic E-state index is 9.41. The molecule has 1 aromatic carbocycles. The molecule has 21 heavy (non-hydrogen) atoms. The van der Waals surface area contributed by atoms with E-state index in [2.05, 4.69) is 17.1 Å². The van der Waals surface area contributed by atoms with Crippen LogP contribution in [0.25, 0.3) is 0 Å². The standard InChI is InChI=1S/C16H24Cl2N2O/c1-2-19-15(13-6-3-7-14(17)16(13)18)8-10-20-9-4-5-12(20)11-21/h3,6-7,12,15,19,21H,2,4-5,8-11H2,1H3. The number of aliphatic hydroxyl groups is 1. The molecule has 0 amide bonds. The summed E-state index contributed by atoms with van der Waals surface area (Å²) in [5.74, 6) is 0. The van der Waals surface area contributed by atoms with Gasteiger partial charge in [-0.2, -0.15) is 0 Å². The highest BCUT2D eigenvalue weighted by molar-refractivity contribution is 6.42. The molecule has 1 aromatic rings. The third-order valence-electron chi connectivity index (χ3n) is 4.22. The van der Waals surface area contributed by atoms with Crippen LogP contribution in [0.2, 0.25) is 10.0 Å². The quantitative estimate of drug-likeness (QED) is 0.803. The molecule has 0 aromatic heterocycles. The SMILES string of the molecule is CCNC(CCN1CCCC1CO)c1cccc(Cl)c1Cl. The number of benzene rings is 1. The molecule has 2 N–H and O–H groups in total. The summed E-state index contributed by atoms with van der Waals surface area (Å²) in [5, 5.41) is 14.1. The minimum Gasteiger partial charge on any atom is -0.395 e. The molecule has 5 heteroatoms. The molecule has 1 aliphatic heterocycles. The molecule has 1 aliphatic rings. The molecular formula is C16H24Cl2N2O. The number of nitrogens with one attached hydrogen (secondary N) is 1. The van der Waals surface area contributed by atoms with Crippen LogP contribution in [0.4, 0.5) is 0 Å². The van der Waals surface area contributed by atoms with Gasteiger partial charge in [-0.1, -0.05) is 42.3 Å². The third kappa shape index (κ3) is 4.33. The molecule has 0 aliphatic carbocycles. The van der Waals surface area contributed by atoms with Gasteiger partial charge in [-0.3, -0.25) is 4.90 Å². The minimum atomic E-state index is 0.196. The Morgan fingerprint density at radius 2 is 2.24 bits per heavy atom. The van der Waals surface area contributed by atoms with Gasteiger partial charge in [-0.15, -0.1) is 0 Å². The van der Waals surface area contributed by atoms with Crippen LogP contribution in [0, 0.1) is 0 Å². The van der Waals surface area contributed by atoms with Gasteiger partial charge >= 0.3 is 0 Å². The number of rotatable bonds is 7. The van der Waals surface area contributed by atoms with Crippen molar-refractivity contribution in [3.05, 3.63) is 33.8 Å². The van der Waals surface area contributed by atoms with E-state index in [1.165, 1.54) is 6.42 Å². The number of likely N-dealkylation sites (tertiary alicyclic amines) is 1. The maximum Gasteiger partial charge on any atom is 0.0640 e. The van der Waals surface area contributed by atoms with Crippen LogP contribution in [-0.4, -0.2) is 42.3 Å². The van der Waals surface area contributed by atoms with Gasteiger partial charge < -0.3 is 10.4 Å². The second-order valence-corrected chi connectivity index (χ2v) is 6.34. The maximum atomic E-state index is 9.41. The van der Waals surface area contributed by atoms with Gasteiger partial charge in [0.2, 0.25) is 0 Å². The van der Waals surface area contributed by atoms with Gasteiger partial charge in [0.25, 0.3) is 0 Å². The summed E-state index contributed by atoms with van der Waals surface area (Å²) >= 11 is 12.5. The number of aliphatic hydroxyl groups excluding tert-OH is 1. The second-order valence-electron chi connectivity index (χ2n) is 5.56. The van der Waals surface area contributed by atoms with Gasteiger partial charge in [0.15, 0.2) is 0 Å². The van der Waals surface area contributed by atoms with Crippen LogP contribution >= 0.6 is 23.2 Å². The predicted octanol–water partition coefficient (Wildman–Crippen LogP) is 3.49. The Kier molecular flexibility index (Phi) is 6.77. The lowest BCUT2D eigenvalue weighted by Gasteiger charge is -2.26. The zero-order valence-electron chi connectivity index (χ0n) is 12.5. The van der Waals surface area contributed by atoms with Gasteiger partial charge in [-0.25, -0.2) is 0 Å². The number of hydrogen-bond acceptors (Lipinski definition) is 3. The zero-order chi connectivity index (χ0) is 15.2. The Balaban J connectivity index is 2.03. The number of nitrogens with zero attached hydrogens (tertiary/aromatic N) is 1. The minimum absolute atomic E-state index is 0.196. The summed E-state index contributed by atoms with van der Waals surface area (Å²) in [6.07, 6.45) is 3.24. The van der Waals surface area contributed by atoms with Crippen molar-refractivity contribution >= 4 is 23.2 Å². The highest BCUT2D eigenvalue weighted by Crippen LogP contribution is 2.32. The highest BCUT2D eigenvalue weighted by atomic mass is 35.5. The average Bonchev–Trinajstić information content (AvgIpc) is 2.94. The van der Waals surface area contributed by atoms with E-state index >= 15 is 0 Å². The van der Waals surface area contributed by atoms with Gasteiger partial charge in [-0.05, 0) is 44.0 Å². The fourth-order valence-electron chi connectivity index (χ4n) is 3.09. The van der Waals surface area contributed by atoms with Gasteiger partial charge in [0, 0.05) is 18.6 Å². The third-order valence-corrected chi connectivity index (χ3v) is 5.06. The highest BCUT2D eigenvalue weighted by Gasteiger charge is 2.25. The van der Waals surface area contributed by atoms with Gasteiger partial charge in [0.05, 0.1) is 16.7 Å². The van der Waals surface area contributed by atoms with Crippen molar-refractivity contribution in [1.82, 2.24) is 10.2 Å². The Morgan fingerprint density at radius 3 is 2.95 bits per heavy atom. The molecule has 0 spiro atoms. The lowest BCUT2D eigenvalue weighted by atomic mass is 10.0. The second kappa shape index (κ2) is 8.35. The van der Waals surface area contributed by atoms with Crippen LogP contribution in [0.1, 0.15) is 37.8 Å². The molecule has 1 heterocycles. The first-order chi connectivity index (χ1) is 10.2. The van der Waals surface area contributed by atoms with E-state index in [1.54, 1.807) is 0 Å². The normalized spacial score (nSPS) is 20.9. The Hall–Kier alpha value is -0.320. The van der Waals surface area contributed by atoms with Crippen molar-refractivity contribution in [3.63, 3.8) is 0 Å². The van der Waals surface area contributed by atoms with E-state index in [0.29, 0.717) is 16.1 Å². The Bertz CT molecular complexity index is 456. The van der Waals surface area contributed by atoms with E-state index < -0.39 is 0 Å². The van der Waals surface area contributed by atoms with Crippen molar-refractivity contribution in [2.45, 2.75) is 38.3 Å². The summed E-state index contributed by atoms with van der Waals surface area (Å²) in [5.41, 5.74) is 1.06. The molecule has 1 fully saturated rings. The van der Waals surface area contributed by atoms with Crippen LogP contribution in [0.5, 0.6) is 0 Å². The molecule has 2 unspecified atom stereocenters. The largest absolute Gasteiger partial charge is 0.395 e. The molecular weight excluding hydrogens is 307 g/mol. The molecule has 3 nitrogen and oxygen atoms in total. The van der Waals surface area contributed by atoms with E-state index in [4.69, 9.17) is 23.2 Å². The first-order valence-corrected chi connectivity index (χ1v) is 8.45. The molecule has 0 radical (unpaired) electrons. The van der Waals surface area contributed by atoms with E-state index in [9.17, 15) is 5.11 Å². The van der Waals surface area contributed by atoms with Crippen molar-refractivity contribution in [1.29, 1.82) is 0 Å². The first-order valence-electron chi connectivity index (χ1n) is 7.69. The number of halogens is 2. The molecule has 0 saturated carbocycles. The smallest absolute Gasteiger partial charge is 0.0640 e. The fraction of sp³-hybridized carbons (Fsp3) is 0.625. The van der Waals surface area contributed by atoms with Crippen molar-refractivity contribution < 1.29 is 5.11 Å². The monoisotopic (exact) mass is 330 g/mol. The van der Waals surface area contributed by atoms with Crippen LogP contribution < -0.4 is 5.32 Å². The lowest BCUT2D eigenvalue weighted by Crippen LogP contribution is -2.35. The van der Waals surface area contributed by atoms with Crippen molar-refractivity contribution in [2.24, 2.45) is 0 Å². The molecule has 0 bridgehead atoms. The van der Waals surface area contributed by atoms with Gasteiger partial charge in [0.1, 0.15) is 0 Å². The summed E-state index contributed by atoms with van der Waals surface area (Å²) in [6.45, 7) is 5.28. The van der Waals surface area contributed by atoms with Crippen LogP contribution in [-0.2, 0) is 0 Å². The van der Waals surface area contributed by atoms with Crippen LogP contribution in [0.15, 0.2) is 18.2 Å². The summed E-state index contributed by atoms with van der Waals surface area (Å²) < 4.78 is 0. The molecule has 118 valence electrons. The van der Waals surface area contributed by atoms with E-state index in [0.717, 1.165) is 38.0 Å². The van der Waals surface area contributed by atoms with Crippen molar-refractivity contribution in [2.75, 3.05) is 26.2 Å². The van der Waals surface area contributed by atoms with E-state index in [1.807, 2.05) is 18.2 Å². The summed E-state index contributed by atoms with van der Waals surface area (Å²) in [7, 11) is 0. The average molecular weight is 331 g/mol. The predicted molar refractivity (Wildman–Crippen MR) is 89.2 cm³/mol. The summed E-state index contributed by atoms with van der Waals surface area (Å²) in [4.78, 5) is 2.38. The summed E-state index contributed by atoms with van der Waals surface area (Å²) in [6, 6.07) is 6.32. The molecule has 2 atom stereocenters. The topological polar surface area (TPSA) is 35.5 Å².